The van der Waals surface area contributed by atoms with Gasteiger partial charge in [-0.15, -0.1) is 0 Å². The van der Waals surface area contributed by atoms with Crippen LogP contribution in [0.1, 0.15) is 25.0 Å². The van der Waals surface area contributed by atoms with Crippen molar-refractivity contribution in [3.63, 3.8) is 0 Å². The van der Waals surface area contributed by atoms with Crippen molar-refractivity contribution in [1.29, 1.82) is 0 Å². The summed E-state index contributed by atoms with van der Waals surface area (Å²) < 4.78 is 15.7. The first kappa shape index (κ1) is 22.2. The van der Waals surface area contributed by atoms with Crippen LogP contribution in [0.2, 0.25) is 0 Å². The van der Waals surface area contributed by atoms with E-state index in [4.69, 9.17) is 19.2 Å². The second-order valence-electron chi connectivity index (χ2n) is 6.95. The lowest BCUT2D eigenvalue weighted by atomic mass is 9.73. The number of hydrogen-bond acceptors (Lipinski definition) is 7. The van der Waals surface area contributed by atoms with Crippen LogP contribution in [0, 0.1) is 11.8 Å². The molecular formula is C24H25NO6. The molecule has 31 heavy (non-hydrogen) atoms. The number of aliphatic imine (C=N–C) groups is 1. The summed E-state index contributed by atoms with van der Waals surface area (Å²) in [6.07, 6.45) is 0. The quantitative estimate of drug-likeness (QED) is 0.502. The lowest BCUT2D eigenvalue weighted by Gasteiger charge is -2.31. The fourth-order valence-corrected chi connectivity index (χ4v) is 3.98. The van der Waals surface area contributed by atoms with E-state index in [0.29, 0.717) is 11.1 Å². The van der Waals surface area contributed by atoms with Gasteiger partial charge in [0.25, 0.3) is 0 Å². The molecule has 1 heterocycles. The van der Waals surface area contributed by atoms with Gasteiger partial charge in [0.05, 0.1) is 26.0 Å². The van der Waals surface area contributed by atoms with Gasteiger partial charge in [-0.25, -0.2) is 4.79 Å². The number of rotatable bonds is 7. The summed E-state index contributed by atoms with van der Waals surface area (Å²) in [5.74, 6) is -4.54. The molecule has 7 nitrogen and oxygen atoms in total. The third-order valence-electron chi connectivity index (χ3n) is 5.24. The normalized spacial score (nSPS) is 22.4. The molecule has 0 radical (unpaired) electrons. The van der Waals surface area contributed by atoms with E-state index in [1.807, 2.05) is 6.07 Å². The zero-order valence-electron chi connectivity index (χ0n) is 17.7. The molecule has 0 N–H and O–H groups in total. The number of hydrogen-bond donors (Lipinski definition) is 0. The maximum Gasteiger partial charge on any atom is 0.339 e. The largest absolute Gasteiger partial charge is 0.467 e. The zero-order valence-corrected chi connectivity index (χ0v) is 17.7. The average Bonchev–Trinajstić information content (AvgIpc) is 3.17. The summed E-state index contributed by atoms with van der Waals surface area (Å²) in [5.41, 5.74) is -0.465. The third-order valence-corrected chi connectivity index (χ3v) is 5.24. The van der Waals surface area contributed by atoms with Gasteiger partial charge < -0.3 is 14.2 Å². The SMILES string of the molecule is CCOC(=O)[C@@H]1C(c2ccccc2)=N[C@@](C(=O)OC)(c2ccccc2)[C@H]1C(=O)OCC. The van der Waals surface area contributed by atoms with Gasteiger partial charge >= 0.3 is 17.9 Å². The summed E-state index contributed by atoms with van der Waals surface area (Å²) in [7, 11) is 1.23. The lowest BCUT2D eigenvalue weighted by molar-refractivity contribution is -0.166. The molecule has 7 heteroatoms. The molecule has 0 fully saturated rings. The predicted molar refractivity (Wildman–Crippen MR) is 113 cm³/mol. The van der Waals surface area contributed by atoms with Gasteiger partial charge in [-0.2, -0.15) is 0 Å². The van der Waals surface area contributed by atoms with Gasteiger partial charge in [-0.05, 0) is 25.0 Å². The van der Waals surface area contributed by atoms with Crippen LogP contribution in [-0.4, -0.2) is 43.9 Å². The summed E-state index contributed by atoms with van der Waals surface area (Å²) in [6, 6.07) is 17.6. The Bertz CT molecular complexity index is 972. The number of carbonyl (C=O) groups is 3. The van der Waals surface area contributed by atoms with E-state index in [0.717, 1.165) is 0 Å². The topological polar surface area (TPSA) is 91.3 Å². The highest BCUT2D eigenvalue weighted by Gasteiger charge is 2.63. The molecule has 1 aliphatic heterocycles. The number of benzene rings is 2. The van der Waals surface area contributed by atoms with E-state index in [1.54, 1.807) is 68.4 Å². The minimum atomic E-state index is -1.79. The maximum absolute atomic E-state index is 13.3. The van der Waals surface area contributed by atoms with Crippen LogP contribution in [0.4, 0.5) is 0 Å². The molecule has 0 bridgehead atoms. The second-order valence-corrected chi connectivity index (χ2v) is 6.95. The Hall–Kier alpha value is -3.48. The summed E-state index contributed by atoms with van der Waals surface area (Å²) >= 11 is 0. The van der Waals surface area contributed by atoms with Crippen LogP contribution >= 0.6 is 0 Å². The van der Waals surface area contributed by atoms with E-state index < -0.39 is 35.3 Å². The Morgan fingerprint density at radius 1 is 0.871 bits per heavy atom. The summed E-state index contributed by atoms with van der Waals surface area (Å²) in [4.78, 5) is 44.4. The van der Waals surface area contributed by atoms with Gasteiger partial charge in [0.2, 0.25) is 0 Å². The molecule has 0 unspecified atom stereocenters. The lowest BCUT2D eigenvalue weighted by Crippen LogP contribution is -2.48. The Morgan fingerprint density at radius 3 is 1.97 bits per heavy atom. The highest BCUT2D eigenvalue weighted by Crippen LogP contribution is 2.48. The van der Waals surface area contributed by atoms with E-state index >= 15 is 0 Å². The molecule has 0 spiro atoms. The molecule has 0 saturated heterocycles. The molecule has 0 aliphatic carbocycles. The van der Waals surface area contributed by atoms with Crippen molar-refractivity contribution in [2.75, 3.05) is 20.3 Å². The standard InChI is InChI=1S/C24H25NO6/c1-4-30-21(26)18-19(22(27)31-5-2)24(23(28)29-3,17-14-10-7-11-15-17)25-20(18)16-12-8-6-9-13-16/h6-15,18-19H,4-5H2,1-3H3/t18-,19+,24-/m0/s1. The van der Waals surface area contributed by atoms with Crippen LogP contribution in [-0.2, 0) is 34.1 Å². The van der Waals surface area contributed by atoms with E-state index in [9.17, 15) is 14.4 Å². The average molecular weight is 423 g/mol. The molecular weight excluding hydrogens is 398 g/mol. The molecule has 162 valence electrons. The number of nitrogens with zero attached hydrogens (tertiary/aromatic N) is 1. The molecule has 0 saturated carbocycles. The van der Waals surface area contributed by atoms with Gasteiger partial charge in [0.1, 0.15) is 11.8 Å². The van der Waals surface area contributed by atoms with E-state index in [2.05, 4.69) is 0 Å². The van der Waals surface area contributed by atoms with Crippen molar-refractivity contribution in [2.45, 2.75) is 19.4 Å². The molecule has 2 aromatic rings. The smallest absolute Gasteiger partial charge is 0.339 e. The van der Waals surface area contributed by atoms with Crippen LogP contribution in [0.3, 0.4) is 0 Å². The Balaban J connectivity index is 2.34. The molecule has 3 atom stereocenters. The van der Waals surface area contributed by atoms with Gasteiger partial charge in [0, 0.05) is 0 Å². The molecule has 0 amide bonds. The highest BCUT2D eigenvalue weighted by molar-refractivity contribution is 6.18. The Labute approximate surface area is 181 Å². The Morgan fingerprint density at radius 2 is 1.42 bits per heavy atom. The van der Waals surface area contributed by atoms with Crippen molar-refractivity contribution >= 4 is 23.6 Å². The maximum atomic E-state index is 13.3. The molecule has 0 aromatic heterocycles. The minimum Gasteiger partial charge on any atom is -0.467 e. The molecule has 1 aliphatic rings. The van der Waals surface area contributed by atoms with Gasteiger partial charge in [-0.1, -0.05) is 60.7 Å². The first-order valence-corrected chi connectivity index (χ1v) is 10.1. The van der Waals surface area contributed by atoms with Crippen LogP contribution in [0.5, 0.6) is 0 Å². The minimum absolute atomic E-state index is 0.0809. The van der Waals surface area contributed by atoms with Crippen molar-refractivity contribution in [1.82, 2.24) is 0 Å². The van der Waals surface area contributed by atoms with Crippen molar-refractivity contribution in [3.05, 3.63) is 71.8 Å². The first-order valence-electron chi connectivity index (χ1n) is 10.1. The van der Waals surface area contributed by atoms with Crippen molar-refractivity contribution < 1.29 is 28.6 Å². The van der Waals surface area contributed by atoms with Gasteiger partial charge in [0.15, 0.2) is 5.54 Å². The number of methoxy groups -OCH3 is 1. The van der Waals surface area contributed by atoms with Crippen LogP contribution in [0.25, 0.3) is 0 Å². The summed E-state index contributed by atoms with van der Waals surface area (Å²) in [5, 5.41) is 0. The first-order chi connectivity index (χ1) is 15.0. The fraction of sp³-hybridized carbons (Fsp3) is 0.333. The van der Waals surface area contributed by atoms with E-state index in [-0.39, 0.29) is 18.9 Å². The molecule has 3 rings (SSSR count). The molecule has 2 aromatic carbocycles. The van der Waals surface area contributed by atoms with Crippen molar-refractivity contribution in [2.24, 2.45) is 16.8 Å². The van der Waals surface area contributed by atoms with Crippen LogP contribution in [0.15, 0.2) is 65.7 Å². The predicted octanol–water partition coefficient (Wildman–Crippen LogP) is 2.92. The third kappa shape index (κ3) is 3.95. The number of ether oxygens (including phenoxy) is 3. The van der Waals surface area contributed by atoms with E-state index in [1.165, 1.54) is 7.11 Å². The van der Waals surface area contributed by atoms with Gasteiger partial charge in [-0.3, -0.25) is 14.6 Å². The van der Waals surface area contributed by atoms with Crippen molar-refractivity contribution in [3.8, 4) is 0 Å². The number of esters is 3. The second kappa shape index (κ2) is 9.55. The monoisotopic (exact) mass is 423 g/mol. The number of carbonyl (C=O) groups excluding carboxylic acids is 3. The highest BCUT2D eigenvalue weighted by atomic mass is 16.5. The fourth-order valence-electron chi connectivity index (χ4n) is 3.98. The summed E-state index contributed by atoms with van der Waals surface area (Å²) in [6.45, 7) is 3.53. The Kier molecular flexibility index (Phi) is 6.84. The zero-order chi connectivity index (χ0) is 22.4. The van der Waals surface area contributed by atoms with Crippen LogP contribution < -0.4 is 0 Å².